The van der Waals surface area contributed by atoms with Crippen LogP contribution >= 0.6 is 23.5 Å². The maximum atomic E-state index is 9.62. The molecule has 1 N–H and O–H groups in total. The molecule has 0 bridgehead atoms. The lowest BCUT2D eigenvalue weighted by atomic mass is 9.92. The van der Waals surface area contributed by atoms with Crippen LogP contribution in [-0.4, -0.2) is 51.9 Å². The Morgan fingerprint density at radius 1 is 1.07 bits per heavy atom. The van der Waals surface area contributed by atoms with Crippen molar-refractivity contribution in [2.75, 3.05) is 24.7 Å². The third kappa shape index (κ3) is 5.03. The molecule has 4 rings (SSSR count). The highest BCUT2D eigenvalue weighted by Gasteiger charge is 2.53. The summed E-state index contributed by atoms with van der Waals surface area (Å²) in [5, 5.41) is 9.62. The number of benzene rings is 1. The maximum absolute atomic E-state index is 9.62. The van der Waals surface area contributed by atoms with Gasteiger partial charge in [0, 0.05) is 12.8 Å². The van der Waals surface area contributed by atoms with Crippen LogP contribution in [0.2, 0.25) is 0 Å². The van der Waals surface area contributed by atoms with E-state index in [9.17, 15) is 5.11 Å². The minimum Gasteiger partial charge on any atom is -0.394 e. The predicted molar refractivity (Wildman–Crippen MR) is 111 cm³/mol. The topological polar surface area (TPSA) is 47.9 Å². The van der Waals surface area contributed by atoms with Crippen LogP contribution in [0.15, 0.2) is 30.3 Å². The Kier molecular flexibility index (Phi) is 6.72. The second kappa shape index (κ2) is 9.06. The summed E-state index contributed by atoms with van der Waals surface area (Å²) in [6.45, 7) is 1.28. The Balaban J connectivity index is 1.43. The molecule has 2 spiro atoms. The number of ether oxygens (including phenoxy) is 3. The molecule has 3 aliphatic heterocycles. The summed E-state index contributed by atoms with van der Waals surface area (Å²) in [7, 11) is 0. The lowest BCUT2D eigenvalue weighted by Crippen LogP contribution is -2.56. The van der Waals surface area contributed by atoms with Crippen LogP contribution in [0.25, 0.3) is 0 Å². The van der Waals surface area contributed by atoms with E-state index in [4.69, 9.17) is 14.2 Å². The zero-order chi connectivity index (χ0) is 18.6. The monoisotopic (exact) mass is 410 g/mol. The first kappa shape index (κ1) is 20.0. The highest BCUT2D eigenvalue weighted by Crippen LogP contribution is 2.56. The normalized spacial score (nSPS) is 33.4. The zero-order valence-electron chi connectivity index (χ0n) is 15.8. The van der Waals surface area contributed by atoms with Crippen LogP contribution in [0.5, 0.6) is 0 Å². The van der Waals surface area contributed by atoms with Crippen molar-refractivity contribution in [1.29, 1.82) is 0 Å². The Morgan fingerprint density at radius 3 is 2.63 bits per heavy atom. The summed E-state index contributed by atoms with van der Waals surface area (Å²) in [5.74, 6) is 1.87. The number of hydrogen-bond donors (Lipinski definition) is 1. The van der Waals surface area contributed by atoms with E-state index >= 15 is 0 Å². The molecule has 0 aliphatic carbocycles. The quantitative estimate of drug-likeness (QED) is 0.785. The van der Waals surface area contributed by atoms with Gasteiger partial charge in [0.25, 0.3) is 0 Å². The molecule has 3 fully saturated rings. The summed E-state index contributed by atoms with van der Waals surface area (Å²) in [6, 6.07) is 10.3. The molecule has 6 heteroatoms. The van der Waals surface area contributed by atoms with Gasteiger partial charge in [0.1, 0.15) is 0 Å². The number of aliphatic hydroxyl groups excluding tert-OH is 1. The van der Waals surface area contributed by atoms with Gasteiger partial charge in [-0.2, -0.15) is 0 Å². The Labute approximate surface area is 170 Å². The van der Waals surface area contributed by atoms with E-state index in [0.29, 0.717) is 13.2 Å². The van der Waals surface area contributed by atoms with Crippen LogP contribution in [-0.2, 0) is 20.8 Å². The predicted octanol–water partition coefficient (Wildman–Crippen LogP) is 4.21. The first-order valence-corrected chi connectivity index (χ1v) is 12.0. The summed E-state index contributed by atoms with van der Waals surface area (Å²) in [6.07, 6.45) is 6.03. The van der Waals surface area contributed by atoms with Gasteiger partial charge in [-0.05, 0) is 42.8 Å². The summed E-state index contributed by atoms with van der Waals surface area (Å²) >= 11 is 4.16. The van der Waals surface area contributed by atoms with Crippen LogP contribution < -0.4 is 0 Å². The smallest absolute Gasteiger partial charge is 0.171 e. The van der Waals surface area contributed by atoms with Gasteiger partial charge in [-0.25, -0.2) is 0 Å². The van der Waals surface area contributed by atoms with Crippen LogP contribution in [0.3, 0.4) is 0 Å². The van der Waals surface area contributed by atoms with E-state index in [2.05, 4.69) is 35.7 Å². The van der Waals surface area contributed by atoms with Crippen molar-refractivity contribution in [2.45, 2.75) is 67.2 Å². The summed E-state index contributed by atoms with van der Waals surface area (Å²) < 4.78 is 19.1. The van der Waals surface area contributed by atoms with E-state index in [1.807, 2.05) is 18.2 Å². The van der Waals surface area contributed by atoms with Crippen molar-refractivity contribution >= 4 is 23.5 Å². The minimum absolute atomic E-state index is 0.0398. The van der Waals surface area contributed by atoms with E-state index < -0.39 is 5.79 Å². The van der Waals surface area contributed by atoms with Crippen molar-refractivity contribution in [1.82, 2.24) is 0 Å². The third-order valence-electron chi connectivity index (χ3n) is 5.56. The average Bonchev–Trinajstić information content (AvgIpc) is 2.69. The number of hydrogen-bond acceptors (Lipinski definition) is 6. The van der Waals surface area contributed by atoms with Gasteiger partial charge in [0.2, 0.25) is 0 Å². The number of rotatable bonds is 5. The SMILES string of the molecule is OC[C@@H]1CCC[C@]2(CC3(C[C@@H](COCc4ccccc4)O2)SCCCS3)O1. The molecular formula is C21H30O4S2. The average molecular weight is 411 g/mol. The Hall–Kier alpha value is -0.240. The van der Waals surface area contributed by atoms with Gasteiger partial charge < -0.3 is 19.3 Å². The van der Waals surface area contributed by atoms with E-state index in [-0.39, 0.29) is 22.9 Å². The van der Waals surface area contributed by atoms with E-state index in [0.717, 1.165) is 32.1 Å². The second-order valence-corrected chi connectivity index (χ2v) is 11.0. The zero-order valence-corrected chi connectivity index (χ0v) is 17.4. The van der Waals surface area contributed by atoms with Gasteiger partial charge in [0.05, 0.1) is 36.1 Å². The van der Waals surface area contributed by atoms with Crippen molar-refractivity contribution in [2.24, 2.45) is 0 Å². The lowest BCUT2D eigenvalue weighted by molar-refractivity contribution is -0.322. The van der Waals surface area contributed by atoms with Crippen molar-refractivity contribution in [3.05, 3.63) is 35.9 Å². The molecule has 0 amide bonds. The molecule has 4 nitrogen and oxygen atoms in total. The fraction of sp³-hybridized carbons (Fsp3) is 0.714. The molecule has 3 atom stereocenters. The molecule has 3 saturated heterocycles. The van der Waals surface area contributed by atoms with Gasteiger partial charge in [-0.3, -0.25) is 0 Å². The molecule has 3 aliphatic rings. The molecule has 0 saturated carbocycles. The van der Waals surface area contributed by atoms with E-state index in [1.165, 1.54) is 23.5 Å². The van der Waals surface area contributed by atoms with Crippen LogP contribution in [0, 0.1) is 0 Å². The van der Waals surface area contributed by atoms with Gasteiger partial charge in [-0.1, -0.05) is 30.3 Å². The first-order chi connectivity index (χ1) is 13.2. The van der Waals surface area contributed by atoms with Crippen molar-refractivity contribution in [3.8, 4) is 0 Å². The fourth-order valence-corrected chi connectivity index (χ4v) is 7.98. The highest BCUT2D eigenvalue weighted by molar-refractivity contribution is 8.18. The molecule has 3 heterocycles. The minimum atomic E-state index is -0.554. The highest BCUT2D eigenvalue weighted by atomic mass is 32.2. The third-order valence-corrected chi connectivity index (χ3v) is 8.93. The van der Waals surface area contributed by atoms with Crippen molar-refractivity contribution < 1.29 is 19.3 Å². The van der Waals surface area contributed by atoms with E-state index in [1.54, 1.807) is 0 Å². The Bertz CT molecular complexity index is 593. The first-order valence-electron chi connectivity index (χ1n) is 10.1. The van der Waals surface area contributed by atoms with Gasteiger partial charge in [-0.15, -0.1) is 23.5 Å². The number of thioether (sulfide) groups is 2. The fourth-order valence-electron chi connectivity index (χ4n) is 4.39. The number of aliphatic hydroxyl groups is 1. The molecular weight excluding hydrogens is 380 g/mol. The molecule has 1 aromatic carbocycles. The second-order valence-electron chi connectivity index (χ2n) is 7.81. The molecule has 27 heavy (non-hydrogen) atoms. The standard InChI is InChI=1S/C21H30O4S2/c22-13-18-8-4-9-20(24-18)16-21(26-10-5-11-27-21)12-19(25-20)15-23-14-17-6-2-1-3-7-17/h1-3,6-7,18-19,22H,4-5,8-16H2/t18-,19-,20-/m0/s1. The van der Waals surface area contributed by atoms with Gasteiger partial charge >= 0.3 is 0 Å². The molecule has 150 valence electrons. The Morgan fingerprint density at radius 2 is 1.85 bits per heavy atom. The lowest BCUT2D eigenvalue weighted by Gasteiger charge is -2.53. The molecule has 0 aromatic heterocycles. The van der Waals surface area contributed by atoms with Crippen LogP contribution in [0.1, 0.15) is 44.1 Å². The van der Waals surface area contributed by atoms with Gasteiger partial charge in [0.15, 0.2) is 5.79 Å². The molecule has 0 radical (unpaired) electrons. The largest absolute Gasteiger partial charge is 0.394 e. The van der Waals surface area contributed by atoms with Crippen LogP contribution in [0.4, 0.5) is 0 Å². The van der Waals surface area contributed by atoms with Crippen molar-refractivity contribution in [3.63, 3.8) is 0 Å². The molecule has 1 aromatic rings. The summed E-state index contributed by atoms with van der Waals surface area (Å²) in [4.78, 5) is 0. The molecule has 0 unspecified atom stereocenters. The summed E-state index contributed by atoms with van der Waals surface area (Å²) in [5.41, 5.74) is 1.19. The maximum Gasteiger partial charge on any atom is 0.171 e.